The van der Waals surface area contributed by atoms with Crippen LogP contribution in [0.1, 0.15) is 42.5 Å². The molecule has 0 bridgehead atoms. The molecule has 0 atom stereocenters. The lowest BCUT2D eigenvalue weighted by molar-refractivity contribution is -0.141. The van der Waals surface area contributed by atoms with Crippen LogP contribution in [0.2, 0.25) is 0 Å². The first-order chi connectivity index (χ1) is 16.1. The third-order valence-corrected chi connectivity index (χ3v) is 7.71. The Kier molecular flexibility index (Phi) is 6.49. The van der Waals surface area contributed by atoms with Gasteiger partial charge in [-0.2, -0.15) is 4.39 Å². The zero-order valence-corrected chi connectivity index (χ0v) is 20.5. The van der Waals surface area contributed by atoms with Crippen LogP contribution in [0.25, 0.3) is 16.5 Å². The van der Waals surface area contributed by atoms with E-state index >= 15 is 0 Å². The molecule has 2 aromatic heterocycles. The van der Waals surface area contributed by atoms with Crippen molar-refractivity contribution >= 4 is 38.1 Å². The summed E-state index contributed by atoms with van der Waals surface area (Å²) >= 11 is 3.80. The Morgan fingerprint density at radius 1 is 1.12 bits per heavy atom. The van der Waals surface area contributed by atoms with E-state index < -0.39 is 5.95 Å². The molecule has 1 aliphatic heterocycles. The van der Waals surface area contributed by atoms with Crippen LogP contribution in [-0.4, -0.2) is 48.8 Å². The number of aromatic amines is 1. The summed E-state index contributed by atoms with van der Waals surface area (Å²) < 4.78 is 26.5. The third-order valence-electron chi connectivity index (χ3n) is 6.92. The minimum absolute atomic E-state index is 0.140. The Labute approximate surface area is 201 Å². The summed E-state index contributed by atoms with van der Waals surface area (Å²) in [6, 6.07) is 8.18. The van der Waals surface area contributed by atoms with Gasteiger partial charge >= 0.3 is 0 Å². The van der Waals surface area contributed by atoms with E-state index in [2.05, 4.69) is 49.2 Å². The highest BCUT2D eigenvalue weighted by Crippen LogP contribution is 2.40. The van der Waals surface area contributed by atoms with E-state index in [1.54, 1.807) is 14.2 Å². The maximum absolute atomic E-state index is 14.5. The number of benzene rings is 1. The Morgan fingerprint density at radius 2 is 1.91 bits per heavy atom. The second-order valence-electron chi connectivity index (χ2n) is 8.73. The van der Waals surface area contributed by atoms with Crippen molar-refractivity contribution < 1.29 is 13.9 Å². The van der Waals surface area contributed by atoms with Gasteiger partial charge in [-0.1, -0.05) is 22.0 Å². The number of anilines is 1. The van der Waals surface area contributed by atoms with Gasteiger partial charge in [0, 0.05) is 43.3 Å². The molecule has 33 heavy (non-hydrogen) atoms. The molecular weight excluding hydrogens is 487 g/mol. The van der Waals surface area contributed by atoms with Crippen LogP contribution in [0.4, 0.5) is 10.1 Å². The molecule has 3 aromatic rings. The first-order valence-corrected chi connectivity index (χ1v) is 12.2. The summed E-state index contributed by atoms with van der Waals surface area (Å²) in [7, 11) is 3.40. The summed E-state index contributed by atoms with van der Waals surface area (Å²) in [4.78, 5) is 7.21. The Balaban J connectivity index is 1.42. The molecule has 1 saturated heterocycles. The molecular formula is C25H28BrFN4O2. The topological polar surface area (TPSA) is 63.3 Å². The van der Waals surface area contributed by atoms with E-state index in [0.29, 0.717) is 11.3 Å². The number of piperidine rings is 1. The average molecular weight is 515 g/mol. The van der Waals surface area contributed by atoms with Gasteiger partial charge in [-0.05, 0) is 61.4 Å². The van der Waals surface area contributed by atoms with Gasteiger partial charge in [-0.3, -0.25) is 10.1 Å². The highest BCUT2D eigenvalue weighted by Gasteiger charge is 2.27. The number of fused-ring (bicyclic) bond motifs is 3. The number of H-pyrrole nitrogens is 1. The van der Waals surface area contributed by atoms with E-state index in [-0.39, 0.29) is 6.29 Å². The predicted octanol–water partition coefficient (Wildman–Crippen LogP) is 5.42. The second-order valence-corrected chi connectivity index (χ2v) is 9.69. The summed E-state index contributed by atoms with van der Waals surface area (Å²) in [6.45, 7) is 1.89. The number of hydrogen-bond donors (Lipinski definition) is 1. The molecule has 0 radical (unpaired) electrons. The van der Waals surface area contributed by atoms with Gasteiger partial charge in [-0.25, -0.2) is 0 Å². The van der Waals surface area contributed by atoms with Gasteiger partial charge in [0.2, 0.25) is 5.95 Å². The average Bonchev–Trinajstić information content (AvgIpc) is 3.14. The van der Waals surface area contributed by atoms with Crippen molar-refractivity contribution in [1.29, 1.82) is 0 Å². The van der Waals surface area contributed by atoms with Crippen molar-refractivity contribution in [1.82, 2.24) is 15.2 Å². The maximum Gasteiger partial charge on any atom is 0.240 e. The number of allylic oxidation sites excluding steroid dienone is 1. The molecule has 0 amide bonds. The zero-order valence-electron chi connectivity index (χ0n) is 18.9. The van der Waals surface area contributed by atoms with E-state index in [0.717, 1.165) is 83.3 Å². The number of rotatable bonds is 5. The van der Waals surface area contributed by atoms with Crippen molar-refractivity contribution in [2.45, 2.75) is 38.4 Å². The SMILES string of the molecule is COC(OC)C1CCN(c2ccc(C3=C(Br)CCCc4c3ccc3[nH]nc(F)c43)nc2)CC1. The molecule has 1 fully saturated rings. The van der Waals surface area contributed by atoms with Crippen LogP contribution >= 0.6 is 15.9 Å². The lowest BCUT2D eigenvalue weighted by Gasteiger charge is -2.36. The highest BCUT2D eigenvalue weighted by atomic mass is 79.9. The molecule has 0 spiro atoms. The van der Waals surface area contributed by atoms with Crippen LogP contribution in [0, 0.1) is 11.9 Å². The molecule has 5 rings (SSSR count). The van der Waals surface area contributed by atoms with Crippen molar-refractivity contribution in [2.75, 3.05) is 32.2 Å². The monoisotopic (exact) mass is 514 g/mol. The molecule has 1 aliphatic carbocycles. The summed E-state index contributed by atoms with van der Waals surface area (Å²) in [5, 5.41) is 7.18. The van der Waals surface area contributed by atoms with Crippen LogP contribution in [-0.2, 0) is 15.9 Å². The van der Waals surface area contributed by atoms with E-state index in [1.165, 1.54) is 0 Å². The standard InChI is InChI=1S/C25H28BrFN4O2/c1-32-25(33-2)15-10-12-31(13-11-15)16-6-8-20(28-14-16)22-18-7-9-21-23(24(27)30-29-21)17(18)4-3-5-19(22)26/h6-9,14-15,25H,3-5,10-13H2,1-2H3,(H,29,30). The maximum atomic E-state index is 14.5. The molecule has 1 N–H and O–H groups in total. The molecule has 174 valence electrons. The van der Waals surface area contributed by atoms with Gasteiger partial charge in [0.1, 0.15) is 0 Å². The number of methoxy groups -OCH3 is 2. The van der Waals surface area contributed by atoms with Gasteiger partial charge in [0.05, 0.1) is 28.5 Å². The summed E-state index contributed by atoms with van der Waals surface area (Å²) in [6.07, 6.45) is 6.49. The number of aromatic nitrogens is 3. The zero-order chi connectivity index (χ0) is 22.9. The molecule has 0 unspecified atom stereocenters. The van der Waals surface area contributed by atoms with Crippen LogP contribution < -0.4 is 4.90 Å². The largest absolute Gasteiger partial charge is 0.370 e. The van der Waals surface area contributed by atoms with Crippen LogP contribution in [0.15, 0.2) is 34.9 Å². The fourth-order valence-corrected chi connectivity index (χ4v) is 5.93. The van der Waals surface area contributed by atoms with Crippen molar-refractivity contribution in [3.63, 3.8) is 0 Å². The highest BCUT2D eigenvalue weighted by molar-refractivity contribution is 9.11. The fourth-order valence-electron chi connectivity index (χ4n) is 5.24. The minimum Gasteiger partial charge on any atom is -0.370 e. The summed E-state index contributed by atoms with van der Waals surface area (Å²) in [5.41, 5.74) is 5.81. The molecule has 3 heterocycles. The van der Waals surface area contributed by atoms with Gasteiger partial charge in [0.15, 0.2) is 6.29 Å². The number of nitrogens with one attached hydrogen (secondary N) is 1. The van der Waals surface area contributed by atoms with E-state index in [1.807, 2.05) is 12.3 Å². The first-order valence-electron chi connectivity index (χ1n) is 11.4. The van der Waals surface area contributed by atoms with Crippen LogP contribution in [0.3, 0.4) is 0 Å². The lowest BCUT2D eigenvalue weighted by Crippen LogP contribution is -2.39. The quantitative estimate of drug-likeness (QED) is 0.460. The number of hydrogen-bond acceptors (Lipinski definition) is 5. The molecule has 2 aliphatic rings. The number of ether oxygens (including phenoxy) is 2. The Hall–Kier alpha value is -2.29. The molecule has 0 saturated carbocycles. The number of pyridine rings is 1. The smallest absolute Gasteiger partial charge is 0.240 e. The van der Waals surface area contributed by atoms with Crippen LogP contribution in [0.5, 0.6) is 0 Å². The van der Waals surface area contributed by atoms with E-state index in [9.17, 15) is 4.39 Å². The van der Waals surface area contributed by atoms with Gasteiger partial charge in [0.25, 0.3) is 0 Å². The molecule has 6 nitrogen and oxygen atoms in total. The number of halogens is 2. The lowest BCUT2D eigenvalue weighted by atomic mass is 9.93. The van der Waals surface area contributed by atoms with E-state index in [4.69, 9.17) is 14.5 Å². The molecule has 1 aromatic carbocycles. The minimum atomic E-state index is -0.435. The van der Waals surface area contributed by atoms with Crippen molar-refractivity contribution in [3.05, 3.63) is 57.7 Å². The summed E-state index contributed by atoms with van der Waals surface area (Å²) in [5.74, 6) is -0.0256. The first kappa shape index (κ1) is 22.5. The predicted molar refractivity (Wildman–Crippen MR) is 131 cm³/mol. The fraction of sp³-hybridized carbons (Fsp3) is 0.440. The van der Waals surface area contributed by atoms with Gasteiger partial charge in [-0.15, -0.1) is 5.10 Å². The number of aryl methyl sites for hydroxylation is 1. The molecule has 8 heteroatoms. The van der Waals surface area contributed by atoms with Crippen molar-refractivity contribution in [2.24, 2.45) is 5.92 Å². The van der Waals surface area contributed by atoms with Gasteiger partial charge < -0.3 is 14.4 Å². The Bertz CT molecular complexity index is 1170. The normalized spacial score (nSPS) is 17.7. The van der Waals surface area contributed by atoms with Crippen molar-refractivity contribution in [3.8, 4) is 0 Å². The third kappa shape index (κ3) is 4.20. The Morgan fingerprint density at radius 3 is 2.61 bits per heavy atom. The number of nitrogens with zero attached hydrogens (tertiary/aromatic N) is 3. The second kappa shape index (κ2) is 9.52.